The Morgan fingerprint density at radius 2 is 2.17 bits per heavy atom. The van der Waals surface area contributed by atoms with Gasteiger partial charge < -0.3 is 10.6 Å². The SMILES string of the molecule is C/C(=C\NC(=O)NCc1cccc(Br)c1)C(C)C. The Morgan fingerprint density at radius 1 is 1.44 bits per heavy atom. The predicted octanol–water partition coefficient (Wildman–Crippen LogP) is 3.81. The fourth-order valence-corrected chi connectivity index (χ4v) is 1.67. The number of carbonyl (C=O) groups excluding carboxylic acids is 1. The molecule has 0 heterocycles. The molecule has 1 aromatic rings. The van der Waals surface area contributed by atoms with Gasteiger partial charge in [-0.15, -0.1) is 0 Å². The summed E-state index contributed by atoms with van der Waals surface area (Å²) in [6.07, 6.45) is 1.75. The molecule has 0 aliphatic carbocycles. The molecule has 2 N–H and O–H groups in total. The largest absolute Gasteiger partial charge is 0.334 e. The fourth-order valence-electron chi connectivity index (χ4n) is 1.23. The van der Waals surface area contributed by atoms with Gasteiger partial charge in [0.05, 0.1) is 0 Å². The van der Waals surface area contributed by atoms with Gasteiger partial charge in [-0.3, -0.25) is 0 Å². The van der Waals surface area contributed by atoms with Gasteiger partial charge in [0.2, 0.25) is 0 Å². The summed E-state index contributed by atoms with van der Waals surface area (Å²) in [5, 5.41) is 5.53. The van der Waals surface area contributed by atoms with Crippen LogP contribution >= 0.6 is 15.9 Å². The van der Waals surface area contributed by atoms with Crippen LogP contribution in [0, 0.1) is 5.92 Å². The van der Waals surface area contributed by atoms with Crippen molar-refractivity contribution in [3.63, 3.8) is 0 Å². The summed E-state index contributed by atoms with van der Waals surface area (Å²) in [7, 11) is 0. The minimum absolute atomic E-state index is 0.185. The number of hydrogen-bond donors (Lipinski definition) is 2. The first kappa shape index (κ1) is 14.8. The van der Waals surface area contributed by atoms with Crippen LogP contribution in [0.3, 0.4) is 0 Å². The average molecular weight is 311 g/mol. The Hall–Kier alpha value is -1.29. The van der Waals surface area contributed by atoms with Crippen molar-refractivity contribution >= 4 is 22.0 Å². The van der Waals surface area contributed by atoms with Crippen LogP contribution in [0.1, 0.15) is 26.3 Å². The number of nitrogens with one attached hydrogen (secondary N) is 2. The lowest BCUT2D eigenvalue weighted by atomic mass is 10.1. The third-order valence-electron chi connectivity index (χ3n) is 2.68. The van der Waals surface area contributed by atoms with E-state index in [1.165, 1.54) is 0 Å². The maximum absolute atomic E-state index is 11.5. The lowest BCUT2D eigenvalue weighted by Crippen LogP contribution is -2.32. The first-order chi connectivity index (χ1) is 8.49. The van der Waals surface area contributed by atoms with E-state index in [1.807, 2.05) is 31.2 Å². The lowest BCUT2D eigenvalue weighted by Gasteiger charge is -2.08. The number of rotatable bonds is 4. The Morgan fingerprint density at radius 3 is 2.78 bits per heavy atom. The standard InChI is InChI=1S/C14H19BrN2O/c1-10(2)11(3)8-16-14(18)17-9-12-5-4-6-13(15)7-12/h4-8,10H,9H2,1-3H3,(H2,16,17,18)/b11-8+. The van der Waals surface area contributed by atoms with Gasteiger partial charge in [-0.2, -0.15) is 0 Å². The number of urea groups is 1. The summed E-state index contributed by atoms with van der Waals surface area (Å²) in [5.74, 6) is 0.440. The number of allylic oxidation sites excluding steroid dienone is 1. The monoisotopic (exact) mass is 310 g/mol. The van der Waals surface area contributed by atoms with Crippen LogP contribution in [0.15, 0.2) is 40.5 Å². The molecule has 0 aromatic heterocycles. The van der Waals surface area contributed by atoms with Crippen molar-refractivity contribution < 1.29 is 4.79 Å². The van der Waals surface area contributed by atoms with E-state index < -0.39 is 0 Å². The molecule has 0 bridgehead atoms. The van der Waals surface area contributed by atoms with Crippen molar-refractivity contribution in [3.05, 3.63) is 46.1 Å². The quantitative estimate of drug-likeness (QED) is 0.872. The first-order valence-electron chi connectivity index (χ1n) is 5.94. The van der Waals surface area contributed by atoms with Crippen molar-refractivity contribution in [1.29, 1.82) is 0 Å². The van der Waals surface area contributed by atoms with Gasteiger partial charge in [-0.1, -0.05) is 47.5 Å². The van der Waals surface area contributed by atoms with E-state index in [0.717, 1.165) is 15.6 Å². The molecule has 98 valence electrons. The molecule has 0 aliphatic heterocycles. The van der Waals surface area contributed by atoms with E-state index in [2.05, 4.69) is 40.4 Å². The molecule has 18 heavy (non-hydrogen) atoms. The van der Waals surface area contributed by atoms with Crippen molar-refractivity contribution in [2.75, 3.05) is 0 Å². The lowest BCUT2D eigenvalue weighted by molar-refractivity contribution is 0.243. The summed E-state index contributed by atoms with van der Waals surface area (Å²) in [6, 6.07) is 7.67. The molecule has 0 saturated heterocycles. The average Bonchev–Trinajstić information content (AvgIpc) is 2.33. The second-order valence-electron chi connectivity index (χ2n) is 4.50. The highest BCUT2D eigenvalue weighted by Crippen LogP contribution is 2.11. The Balaban J connectivity index is 2.40. The topological polar surface area (TPSA) is 41.1 Å². The summed E-state index contributed by atoms with van der Waals surface area (Å²) in [5.41, 5.74) is 2.21. The summed E-state index contributed by atoms with van der Waals surface area (Å²) < 4.78 is 1.01. The molecule has 0 fully saturated rings. The minimum atomic E-state index is -0.185. The smallest absolute Gasteiger partial charge is 0.319 e. The van der Waals surface area contributed by atoms with Crippen LogP contribution in [0.5, 0.6) is 0 Å². The molecule has 4 heteroatoms. The van der Waals surface area contributed by atoms with Gasteiger partial charge in [-0.05, 0) is 30.5 Å². The van der Waals surface area contributed by atoms with Crippen LogP contribution < -0.4 is 10.6 Å². The van der Waals surface area contributed by atoms with Crippen LogP contribution in [0.25, 0.3) is 0 Å². The first-order valence-corrected chi connectivity index (χ1v) is 6.74. The number of amides is 2. The third kappa shape index (κ3) is 5.36. The van der Waals surface area contributed by atoms with Crippen LogP contribution in [-0.4, -0.2) is 6.03 Å². The maximum atomic E-state index is 11.5. The number of halogens is 1. The molecule has 1 aromatic carbocycles. The van der Waals surface area contributed by atoms with Crippen molar-refractivity contribution in [1.82, 2.24) is 10.6 Å². The zero-order valence-corrected chi connectivity index (χ0v) is 12.5. The summed E-state index contributed by atoms with van der Waals surface area (Å²) >= 11 is 3.40. The fraction of sp³-hybridized carbons (Fsp3) is 0.357. The highest BCUT2D eigenvalue weighted by Gasteiger charge is 2.00. The molecule has 0 saturated carbocycles. The van der Waals surface area contributed by atoms with Crippen LogP contribution in [-0.2, 0) is 6.54 Å². The highest BCUT2D eigenvalue weighted by molar-refractivity contribution is 9.10. The number of benzene rings is 1. The second-order valence-corrected chi connectivity index (χ2v) is 5.42. The Bertz CT molecular complexity index is 441. The van der Waals surface area contributed by atoms with E-state index in [-0.39, 0.29) is 6.03 Å². The van der Waals surface area contributed by atoms with Gasteiger partial charge in [0.15, 0.2) is 0 Å². The maximum Gasteiger partial charge on any atom is 0.319 e. The summed E-state index contributed by atoms with van der Waals surface area (Å²) in [6.45, 7) is 6.69. The zero-order chi connectivity index (χ0) is 13.5. The molecule has 0 aliphatic rings. The molecular weight excluding hydrogens is 292 g/mol. The minimum Gasteiger partial charge on any atom is -0.334 e. The second kappa shape index (κ2) is 7.21. The third-order valence-corrected chi connectivity index (χ3v) is 3.18. The highest BCUT2D eigenvalue weighted by atomic mass is 79.9. The Kier molecular flexibility index (Phi) is 5.92. The Labute approximate surface area is 117 Å². The molecule has 0 unspecified atom stereocenters. The van der Waals surface area contributed by atoms with Gasteiger partial charge in [0.25, 0.3) is 0 Å². The van der Waals surface area contributed by atoms with Gasteiger partial charge in [-0.25, -0.2) is 4.79 Å². The normalized spacial score (nSPS) is 11.5. The molecule has 0 atom stereocenters. The van der Waals surface area contributed by atoms with Crippen molar-refractivity contribution in [2.24, 2.45) is 5.92 Å². The number of hydrogen-bond acceptors (Lipinski definition) is 1. The van der Waals surface area contributed by atoms with E-state index in [9.17, 15) is 4.79 Å². The zero-order valence-electron chi connectivity index (χ0n) is 11.0. The van der Waals surface area contributed by atoms with E-state index in [0.29, 0.717) is 12.5 Å². The van der Waals surface area contributed by atoms with E-state index >= 15 is 0 Å². The van der Waals surface area contributed by atoms with Crippen LogP contribution in [0.4, 0.5) is 4.79 Å². The summed E-state index contributed by atoms with van der Waals surface area (Å²) in [4.78, 5) is 11.5. The van der Waals surface area contributed by atoms with Crippen molar-refractivity contribution in [2.45, 2.75) is 27.3 Å². The van der Waals surface area contributed by atoms with Crippen molar-refractivity contribution in [3.8, 4) is 0 Å². The van der Waals surface area contributed by atoms with Gasteiger partial charge in [0, 0.05) is 17.2 Å². The van der Waals surface area contributed by atoms with E-state index in [4.69, 9.17) is 0 Å². The van der Waals surface area contributed by atoms with Gasteiger partial charge >= 0.3 is 6.03 Å². The van der Waals surface area contributed by atoms with E-state index in [1.54, 1.807) is 6.20 Å². The molecule has 0 spiro atoms. The van der Waals surface area contributed by atoms with Gasteiger partial charge in [0.1, 0.15) is 0 Å². The molecule has 3 nitrogen and oxygen atoms in total. The molecule has 1 rings (SSSR count). The van der Waals surface area contributed by atoms with Crippen LogP contribution in [0.2, 0.25) is 0 Å². The molecule has 0 radical (unpaired) electrons. The predicted molar refractivity (Wildman–Crippen MR) is 78.1 cm³/mol. The number of carbonyl (C=O) groups is 1. The molecule has 2 amide bonds. The molecular formula is C14H19BrN2O.